The highest BCUT2D eigenvalue weighted by molar-refractivity contribution is 7.99. The lowest BCUT2D eigenvalue weighted by Crippen LogP contribution is -2.15. The van der Waals surface area contributed by atoms with E-state index in [4.69, 9.17) is 4.74 Å². The Balaban J connectivity index is 2.06. The lowest BCUT2D eigenvalue weighted by molar-refractivity contribution is 0.102. The van der Waals surface area contributed by atoms with Crippen LogP contribution in [-0.2, 0) is 6.42 Å². The number of carbonyl (C=O) groups is 1. The van der Waals surface area contributed by atoms with Gasteiger partial charge in [-0.3, -0.25) is 9.59 Å². The van der Waals surface area contributed by atoms with Gasteiger partial charge in [0.1, 0.15) is 5.75 Å². The number of thioether (sulfide) groups is 1. The molecular formula is C15H16N2O4S. The van der Waals surface area contributed by atoms with E-state index in [1.165, 1.54) is 0 Å². The first-order chi connectivity index (χ1) is 10.5. The highest BCUT2D eigenvalue weighted by Crippen LogP contribution is 2.19. The second-order valence-electron chi connectivity index (χ2n) is 4.47. The fraction of sp³-hybridized carbons (Fsp3) is 0.267. The van der Waals surface area contributed by atoms with Crippen LogP contribution in [0.15, 0.2) is 34.2 Å². The standard InChI is InChI=1S/C15H16N2O4S/c1-3-11-13(19)16-15(17-14(11)20)22-8-12(18)9-4-6-10(21-2)7-5-9/h4-7H,3,8H2,1-2H3,(H2,16,17,19,20). The number of H-pyrrole nitrogens is 1. The molecule has 1 aromatic heterocycles. The highest BCUT2D eigenvalue weighted by Gasteiger charge is 2.12. The predicted molar refractivity (Wildman–Crippen MR) is 83.9 cm³/mol. The maximum absolute atomic E-state index is 12.1. The summed E-state index contributed by atoms with van der Waals surface area (Å²) in [5.41, 5.74) is 0.408. The zero-order chi connectivity index (χ0) is 16.1. The number of rotatable bonds is 6. The average molecular weight is 320 g/mol. The number of carbonyl (C=O) groups excluding carboxylic acids is 1. The third-order valence-corrected chi connectivity index (χ3v) is 3.95. The molecule has 1 heterocycles. The smallest absolute Gasteiger partial charge is 0.258 e. The van der Waals surface area contributed by atoms with E-state index in [-0.39, 0.29) is 33.7 Å². The first-order valence-corrected chi connectivity index (χ1v) is 7.66. The molecule has 2 rings (SSSR count). The number of nitrogens with zero attached hydrogens (tertiary/aromatic N) is 1. The van der Waals surface area contributed by atoms with Gasteiger partial charge in [0.2, 0.25) is 5.88 Å². The van der Waals surface area contributed by atoms with E-state index in [0.29, 0.717) is 17.7 Å². The quantitative estimate of drug-likeness (QED) is 0.480. The number of hydrogen-bond acceptors (Lipinski definition) is 6. The Labute approximate surface area is 131 Å². The van der Waals surface area contributed by atoms with Crippen LogP contribution < -0.4 is 10.3 Å². The van der Waals surface area contributed by atoms with Crippen molar-refractivity contribution in [3.05, 3.63) is 45.7 Å². The summed E-state index contributed by atoms with van der Waals surface area (Å²) in [6, 6.07) is 6.77. The summed E-state index contributed by atoms with van der Waals surface area (Å²) in [5.74, 6) is 0.399. The predicted octanol–water partition coefficient (Wildman–Crippen LogP) is 2.02. The molecule has 116 valence electrons. The molecule has 0 bridgehead atoms. The van der Waals surface area contributed by atoms with E-state index in [9.17, 15) is 14.7 Å². The third kappa shape index (κ3) is 3.67. The molecule has 1 aromatic carbocycles. The van der Waals surface area contributed by atoms with Crippen LogP contribution in [0.4, 0.5) is 0 Å². The zero-order valence-corrected chi connectivity index (χ0v) is 13.1. The maximum atomic E-state index is 12.1. The van der Waals surface area contributed by atoms with Crippen LogP contribution in [0.5, 0.6) is 11.6 Å². The van der Waals surface area contributed by atoms with Gasteiger partial charge in [0.15, 0.2) is 10.9 Å². The summed E-state index contributed by atoms with van der Waals surface area (Å²) < 4.78 is 5.03. The normalized spacial score (nSPS) is 10.5. The van der Waals surface area contributed by atoms with Crippen LogP contribution in [0.1, 0.15) is 22.8 Å². The number of aromatic amines is 1. The summed E-state index contributed by atoms with van der Waals surface area (Å²) in [7, 11) is 1.56. The van der Waals surface area contributed by atoms with Gasteiger partial charge in [-0.2, -0.15) is 4.98 Å². The van der Waals surface area contributed by atoms with Gasteiger partial charge in [0.05, 0.1) is 18.4 Å². The SMILES string of the molecule is CCc1c(O)nc(SCC(=O)c2ccc(OC)cc2)[nH]c1=O. The first kappa shape index (κ1) is 16.1. The van der Waals surface area contributed by atoms with Crippen molar-refractivity contribution in [3.63, 3.8) is 0 Å². The van der Waals surface area contributed by atoms with Crippen molar-refractivity contribution >= 4 is 17.5 Å². The van der Waals surface area contributed by atoms with E-state index in [1.807, 2.05) is 0 Å². The number of hydrogen-bond donors (Lipinski definition) is 2. The Hall–Kier alpha value is -2.28. The maximum Gasteiger partial charge on any atom is 0.258 e. The van der Waals surface area contributed by atoms with Crippen molar-refractivity contribution in [1.82, 2.24) is 9.97 Å². The summed E-state index contributed by atoms with van der Waals surface area (Å²) in [6.45, 7) is 1.76. The number of benzene rings is 1. The molecule has 22 heavy (non-hydrogen) atoms. The van der Waals surface area contributed by atoms with Crippen molar-refractivity contribution in [3.8, 4) is 11.6 Å². The molecule has 0 aliphatic rings. The lowest BCUT2D eigenvalue weighted by Gasteiger charge is -2.05. The van der Waals surface area contributed by atoms with Crippen molar-refractivity contribution in [2.75, 3.05) is 12.9 Å². The van der Waals surface area contributed by atoms with Gasteiger partial charge < -0.3 is 14.8 Å². The van der Waals surface area contributed by atoms with Crippen molar-refractivity contribution in [1.29, 1.82) is 0 Å². The van der Waals surface area contributed by atoms with Crippen LogP contribution in [0.25, 0.3) is 0 Å². The second-order valence-corrected chi connectivity index (χ2v) is 5.43. The molecule has 0 saturated carbocycles. The van der Waals surface area contributed by atoms with Gasteiger partial charge in [-0.25, -0.2) is 0 Å². The minimum Gasteiger partial charge on any atom is -0.497 e. The van der Waals surface area contributed by atoms with Crippen LogP contribution in [0, 0.1) is 0 Å². The van der Waals surface area contributed by atoms with Crippen molar-refractivity contribution in [2.24, 2.45) is 0 Å². The van der Waals surface area contributed by atoms with E-state index in [0.717, 1.165) is 11.8 Å². The zero-order valence-electron chi connectivity index (χ0n) is 12.3. The van der Waals surface area contributed by atoms with Gasteiger partial charge in [-0.1, -0.05) is 18.7 Å². The Kier molecular flexibility index (Phi) is 5.21. The molecule has 0 fully saturated rings. The van der Waals surface area contributed by atoms with E-state index >= 15 is 0 Å². The van der Waals surface area contributed by atoms with Crippen LogP contribution >= 0.6 is 11.8 Å². The molecule has 0 amide bonds. The monoisotopic (exact) mass is 320 g/mol. The van der Waals surface area contributed by atoms with Gasteiger partial charge in [0.25, 0.3) is 5.56 Å². The molecule has 6 nitrogen and oxygen atoms in total. The van der Waals surface area contributed by atoms with Crippen LogP contribution in [0.2, 0.25) is 0 Å². The number of aromatic nitrogens is 2. The topological polar surface area (TPSA) is 92.3 Å². The Morgan fingerprint density at radius 3 is 2.59 bits per heavy atom. The molecule has 2 aromatic rings. The van der Waals surface area contributed by atoms with Gasteiger partial charge >= 0.3 is 0 Å². The minimum atomic E-state index is -0.380. The van der Waals surface area contributed by atoms with Gasteiger partial charge in [0, 0.05) is 5.56 Å². The molecule has 0 radical (unpaired) electrons. The van der Waals surface area contributed by atoms with E-state index < -0.39 is 0 Å². The molecule has 0 saturated heterocycles. The average Bonchev–Trinajstić information content (AvgIpc) is 2.52. The van der Waals surface area contributed by atoms with Crippen LogP contribution in [-0.4, -0.2) is 33.7 Å². The number of aromatic hydroxyl groups is 1. The third-order valence-electron chi connectivity index (χ3n) is 3.08. The Bertz CT molecular complexity index is 725. The number of nitrogens with one attached hydrogen (secondary N) is 1. The number of Topliss-reactive ketones (excluding diaryl/α,β-unsaturated/α-hetero) is 1. The molecule has 0 spiro atoms. The van der Waals surface area contributed by atoms with E-state index in [2.05, 4.69) is 9.97 Å². The summed E-state index contributed by atoms with van der Waals surface area (Å²) >= 11 is 1.07. The molecule has 0 atom stereocenters. The molecule has 2 N–H and O–H groups in total. The lowest BCUT2D eigenvalue weighted by atomic mass is 10.1. The largest absolute Gasteiger partial charge is 0.497 e. The van der Waals surface area contributed by atoms with Gasteiger partial charge in [-0.05, 0) is 30.7 Å². The fourth-order valence-corrected chi connectivity index (χ4v) is 2.60. The Morgan fingerprint density at radius 2 is 2.05 bits per heavy atom. The van der Waals surface area contributed by atoms with Crippen molar-refractivity contribution < 1.29 is 14.6 Å². The van der Waals surface area contributed by atoms with Crippen molar-refractivity contribution in [2.45, 2.75) is 18.5 Å². The second kappa shape index (κ2) is 7.13. The fourth-order valence-electron chi connectivity index (χ4n) is 1.85. The highest BCUT2D eigenvalue weighted by atomic mass is 32.2. The summed E-state index contributed by atoms with van der Waals surface area (Å²) in [6.07, 6.45) is 0.393. The molecule has 0 aliphatic carbocycles. The first-order valence-electron chi connectivity index (χ1n) is 6.67. The molecule has 0 aliphatic heterocycles. The van der Waals surface area contributed by atoms with E-state index in [1.54, 1.807) is 38.3 Å². The number of ether oxygens (including phenoxy) is 1. The summed E-state index contributed by atoms with van der Waals surface area (Å²) in [5, 5.41) is 9.89. The molecular weight excluding hydrogens is 304 g/mol. The molecule has 7 heteroatoms. The number of methoxy groups -OCH3 is 1. The van der Waals surface area contributed by atoms with Gasteiger partial charge in [-0.15, -0.1) is 0 Å². The minimum absolute atomic E-state index is 0.102. The summed E-state index contributed by atoms with van der Waals surface area (Å²) in [4.78, 5) is 30.2. The Morgan fingerprint density at radius 1 is 1.36 bits per heavy atom. The molecule has 0 unspecified atom stereocenters. The number of ketones is 1. The van der Waals surface area contributed by atoms with Crippen LogP contribution in [0.3, 0.4) is 0 Å².